The van der Waals surface area contributed by atoms with Crippen LogP contribution in [0.5, 0.6) is 0 Å². The number of rotatable bonds is 18. The van der Waals surface area contributed by atoms with Gasteiger partial charge in [-0.05, 0) is 19.3 Å². The molecule has 0 heterocycles. The standard InChI is InChI=1S/C19H35NO5.C3H8O3.Na/c1-2-3-4-5-6-7-8-9-10-11-12-13-18(23)25-19(24)16(20)14-15-17(21)22;4-1-3(6)2-5;/h16H,2-15,20H2,1H3,(H,21,22);3-6H,1-2H2;/q;;+1/p-1. The predicted octanol–water partition coefficient (Wildman–Crippen LogP) is -2.05. The molecule has 0 aromatic heterocycles. The maximum Gasteiger partial charge on any atom is 1.00 e. The molecule has 0 saturated carbocycles. The number of aliphatic carboxylic acids is 1. The van der Waals surface area contributed by atoms with Crippen molar-refractivity contribution in [2.45, 2.75) is 109 Å². The number of unbranched alkanes of at least 4 members (excludes halogenated alkanes) is 10. The molecule has 184 valence electrons. The van der Waals surface area contributed by atoms with Crippen LogP contribution in [-0.4, -0.2) is 58.6 Å². The fourth-order valence-electron chi connectivity index (χ4n) is 2.62. The number of esters is 2. The molecule has 1 atom stereocenters. The first-order valence-corrected chi connectivity index (χ1v) is 11.4. The van der Waals surface area contributed by atoms with E-state index in [0.717, 1.165) is 12.8 Å². The second kappa shape index (κ2) is 26.7. The molecule has 0 aliphatic heterocycles. The van der Waals surface area contributed by atoms with Crippen LogP contribution < -0.4 is 40.4 Å². The van der Waals surface area contributed by atoms with Crippen LogP contribution in [0.2, 0.25) is 0 Å². The molecule has 0 amide bonds. The zero-order valence-electron chi connectivity index (χ0n) is 19.9. The number of carboxylic acids is 1. The zero-order valence-corrected chi connectivity index (χ0v) is 21.9. The minimum Gasteiger partial charge on any atom is -0.550 e. The normalized spacial score (nSPS) is 11.2. The Morgan fingerprint density at radius 2 is 1.28 bits per heavy atom. The summed E-state index contributed by atoms with van der Waals surface area (Å²) in [6.45, 7) is 1.49. The molecule has 0 aliphatic carbocycles. The van der Waals surface area contributed by atoms with Gasteiger partial charge in [0.15, 0.2) is 0 Å². The van der Waals surface area contributed by atoms with E-state index in [1.807, 2.05) is 0 Å². The minimum absolute atomic E-state index is 0. The quantitative estimate of drug-likeness (QED) is 0.0760. The van der Waals surface area contributed by atoms with Crippen molar-refractivity contribution in [2.75, 3.05) is 13.2 Å². The third-order valence-electron chi connectivity index (χ3n) is 4.58. The molecule has 10 heteroatoms. The van der Waals surface area contributed by atoms with E-state index in [2.05, 4.69) is 11.7 Å². The van der Waals surface area contributed by atoms with E-state index in [-0.39, 0.29) is 62.0 Å². The Hall–Kier alpha value is -0.550. The van der Waals surface area contributed by atoms with E-state index in [1.165, 1.54) is 51.4 Å². The summed E-state index contributed by atoms with van der Waals surface area (Å²) in [7, 11) is 0. The van der Waals surface area contributed by atoms with Crippen molar-refractivity contribution < 1.29 is 69.1 Å². The van der Waals surface area contributed by atoms with E-state index in [1.54, 1.807) is 0 Å². The van der Waals surface area contributed by atoms with Gasteiger partial charge in [0.25, 0.3) is 0 Å². The summed E-state index contributed by atoms with van der Waals surface area (Å²) in [6.07, 6.45) is 11.8. The van der Waals surface area contributed by atoms with Gasteiger partial charge in [-0.2, -0.15) is 0 Å². The summed E-state index contributed by atoms with van der Waals surface area (Å²) in [6, 6.07) is -1.10. The summed E-state index contributed by atoms with van der Waals surface area (Å²) in [5, 5.41) is 34.3. The first-order valence-electron chi connectivity index (χ1n) is 11.4. The molecular formula is C22H42NNaO8. The number of carbonyl (C=O) groups is 3. The monoisotopic (exact) mass is 471 g/mol. The molecule has 5 N–H and O–H groups in total. The number of carbonyl (C=O) groups excluding carboxylic acids is 3. The topological polar surface area (TPSA) is 170 Å². The van der Waals surface area contributed by atoms with Crippen LogP contribution in [0.1, 0.15) is 96.8 Å². The fourth-order valence-corrected chi connectivity index (χ4v) is 2.62. The molecule has 1 unspecified atom stereocenters. The zero-order chi connectivity index (χ0) is 23.9. The Morgan fingerprint density at radius 1 is 0.844 bits per heavy atom. The fraction of sp³-hybridized carbons (Fsp3) is 0.864. The predicted molar refractivity (Wildman–Crippen MR) is 115 cm³/mol. The molecule has 32 heavy (non-hydrogen) atoms. The molecule has 0 saturated heterocycles. The van der Waals surface area contributed by atoms with Gasteiger partial charge in [0.2, 0.25) is 0 Å². The third kappa shape index (κ3) is 27.5. The van der Waals surface area contributed by atoms with Crippen molar-refractivity contribution in [3.63, 3.8) is 0 Å². The summed E-state index contributed by atoms with van der Waals surface area (Å²) in [5.41, 5.74) is 5.46. The van der Waals surface area contributed by atoms with E-state index < -0.39 is 30.1 Å². The van der Waals surface area contributed by atoms with E-state index in [4.69, 9.17) is 21.1 Å². The summed E-state index contributed by atoms with van der Waals surface area (Å²) in [5.74, 6) is -2.74. The van der Waals surface area contributed by atoms with E-state index in [0.29, 0.717) is 6.42 Å². The summed E-state index contributed by atoms with van der Waals surface area (Å²) in [4.78, 5) is 33.3. The second-order valence-corrected chi connectivity index (χ2v) is 7.61. The molecule has 0 radical (unpaired) electrons. The number of ether oxygens (including phenoxy) is 1. The number of nitrogens with two attached hydrogens (primary N) is 1. The van der Waals surface area contributed by atoms with Gasteiger partial charge in [0.1, 0.15) is 12.1 Å². The molecule has 0 aromatic carbocycles. The largest absolute Gasteiger partial charge is 1.00 e. The van der Waals surface area contributed by atoms with Crippen molar-refractivity contribution in [1.29, 1.82) is 0 Å². The molecule has 0 rings (SSSR count). The molecule has 0 bridgehead atoms. The second-order valence-electron chi connectivity index (χ2n) is 7.61. The van der Waals surface area contributed by atoms with E-state index in [9.17, 15) is 19.5 Å². The summed E-state index contributed by atoms with van der Waals surface area (Å²) < 4.78 is 4.62. The minimum atomic E-state index is -1.28. The first kappa shape index (κ1) is 36.0. The van der Waals surface area contributed by atoms with Gasteiger partial charge in [0.05, 0.1) is 13.2 Å². The van der Waals surface area contributed by atoms with Crippen LogP contribution in [0.4, 0.5) is 0 Å². The molecular weight excluding hydrogens is 429 g/mol. The maximum atomic E-state index is 11.5. The van der Waals surface area contributed by atoms with Crippen LogP contribution in [-0.2, 0) is 19.1 Å². The SMILES string of the molecule is CCCCCCCCCCCCCC(=O)OC(=O)C(N)CCC(=O)[O-].OCC(O)CO.[Na+]. The van der Waals surface area contributed by atoms with Gasteiger partial charge in [-0.15, -0.1) is 0 Å². The van der Waals surface area contributed by atoms with Crippen LogP contribution in [0, 0.1) is 0 Å². The van der Waals surface area contributed by atoms with Crippen molar-refractivity contribution in [2.24, 2.45) is 5.73 Å². The average molecular weight is 472 g/mol. The number of hydrogen-bond acceptors (Lipinski definition) is 9. The Kier molecular flexibility index (Phi) is 30.1. The Morgan fingerprint density at radius 3 is 1.66 bits per heavy atom. The number of aliphatic hydroxyl groups excluding tert-OH is 3. The molecule has 0 aromatic rings. The van der Waals surface area contributed by atoms with Crippen molar-refractivity contribution in [3.05, 3.63) is 0 Å². The van der Waals surface area contributed by atoms with Crippen LogP contribution in [0.25, 0.3) is 0 Å². The van der Waals surface area contributed by atoms with Crippen molar-refractivity contribution in [1.82, 2.24) is 0 Å². The van der Waals surface area contributed by atoms with Gasteiger partial charge in [-0.3, -0.25) is 4.79 Å². The molecule has 0 spiro atoms. The smallest absolute Gasteiger partial charge is 0.550 e. The van der Waals surface area contributed by atoms with Crippen molar-refractivity contribution >= 4 is 17.9 Å². The first-order chi connectivity index (χ1) is 14.8. The maximum absolute atomic E-state index is 11.5. The van der Waals surface area contributed by atoms with E-state index >= 15 is 0 Å². The van der Waals surface area contributed by atoms with Gasteiger partial charge >= 0.3 is 41.5 Å². The van der Waals surface area contributed by atoms with Gasteiger partial charge in [-0.25, -0.2) is 4.79 Å². The van der Waals surface area contributed by atoms with Gasteiger partial charge in [-0.1, -0.05) is 71.1 Å². The van der Waals surface area contributed by atoms with Crippen LogP contribution in [0.3, 0.4) is 0 Å². The summed E-state index contributed by atoms with van der Waals surface area (Å²) >= 11 is 0. The molecule has 0 aliphatic rings. The Bertz CT molecular complexity index is 461. The van der Waals surface area contributed by atoms with Gasteiger partial charge in [0, 0.05) is 12.4 Å². The number of hydrogen-bond donors (Lipinski definition) is 4. The van der Waals surface area contributed by atoms with Crippen molar-refractivity contribution in [3.8, 4) is 0 Å². The molecule has 9 nitrogen and oxygen atoms in total. The molecule has 0 fully saturated rings. The number of carboxylic acid groups (broad SMARTS) is 1. The number of aliphatic hydroxyl groups is 3. The van der Waals surface area contributed by atoms with Crippen LogP contribution in [0.15, 0.2) is 0 Å². The third-order valence-corrected chi connectivity index (χ3v) is 4.58. The Balaban J connectivity index is -0.00000105. The average Bonchev–Trinajstić information content (AvgIpc) is 2.75. The Labute approximate surface area is 214 Å². The van der Waals surface area contributed by atoms with Crippen LogP contribution >= 0.6 is 0 Å². The van der Waals surface area contributed by atoms with Gasteiger partial charge < -0.3 is 35.7 Å².